The van der Waals surface area contributed by atoms with Gasteiger partial charge in [0.05, 0.1) is 0 Å². The first-order valence-corrected chi connectivity index (χ1v) is 6.68. The lowest BCUT2D eigenvalue weighted by atomic mass is 10.1. The normalized spacial score (nSPS) is 10.5. The molecule has 0 radical (unpaired) electrons. The first kappa shape index (κ1) is 15.0. The number of aryl methyl sites for hydroxylation is 2. The number of aromatic carboxylic acids is 1. The summed E-state index contributed by atoms with van der Waals surface area (Å²) in [5.41, 5.74) is 2.28. The van der Waals surface area contributed by atoms with Crippen LogP contribution in [0.2, 0.25) is 0 Å². The van der Waals surface area contributed by atoms with Crippen LogP contribution in [-0.2, 0) is 0 Å². The van der Waals surface area contributed by atoms with E-state index in [9.17, 15) is 14.3 Å². The first-order chi connectivity index (χ1) is 9.93. The number of nitrogens with zero attached hydrogens (tertiary/aromatic N) is 2. The SMILES string of the molecule is CCN(c1ccc(F)cc1)c1nc(C)cc(C)c1C(=O)O. The van der Waals surface area contributed by atoms with E-state index in [0.717, 1.165) is 5.69 Å². The zero-order valence-corrected chi connectivity index (χ0v) is 12.2. The molecule has 1 aromatic carbocycles. The average Bonchev–Trinajstić information content (AvgIpc) is 2.40. The van der Waals surface area contributed by atoms with Crippen LogP contribution in [0.1, 0.15) is 28.5 Å². The molecule has 0 saturated carbocycles. The largest absolute Gasteiger partial charge is 0.478 e. The molecule has 2 rings (SSSR count). The van der Waals surface area contributed by atoms with Gasteiger partial charge in [0.1, 0.15) is 17.2 Å². The molecule has 0 aliphatic heterocycles. The molecule has 0 spiro atoms. The minimum absolute atomic E-state index is 0.173. The zero-order valence-electron chi connectivity index (χ0n) is 12.2. The second-order valence-corrected chi connectivity index (χ2v) is 4.80. The van der Waals surface area contributed by atoms with Gasteiger partial charge in [-0.05, 0) is 56.7 Å². The topological polar surface area (TPSA) is 53.4 Å². The number of carbonyl (C=O) groups is 1. The monoisotopic (exact) mass is 288 g/mol. The Kier molecular flexibility index (Phi) is 4.21. The third-order valence-corrected chi connectivity index (χ3v) is 3.25. The molecule has 0 atom stereocenters. The lowest BCUT2D eigenvalue weighted by Gasteiger charge is -2.25. The van der Waals surface area contributed by atoms with Crippen molar-refractivity contribution in [2.75, 3.05) is 11.4 Å². The highest BCUT2D eigenvalue weighted by Crippen LogP contribution is 2.29. The Morgan fingerprint density at radius 2 is 1.90 bits per heavy atom. The number of carboxylic acid groups (broad SMARTS) is 1. The molecule has 0 unspecified atom stereocenters. The molecule has 0 amide bonds. The van der Waals surface area contributed by atoms with Crippen molar-refractivity contribution in [3.63, 3.8) is 0 Å². The molecule has 2 aromatic rings. The van der Waals surface area contributed by atoms with Crippen molar-refractivity contribution in [1.82, 2.24) is 4.98 Å². The smallest absolute Gasteiger partial charge is 0.339 e. The zero-order chi connectivity index (χ0) is 15.6. The summed E-state index contributed by atoms with van der Waals surface area (Å²) in [7, 11) is 0. The molecule has 0 fully saturated rings. The van der Waals surface area contributed by atoms with Crippen molar-refractivity contribution in [3.05, 3.63) is 53.0 Å². The molecule has 110 valence electrons. The van der Waals surface area contributed by atoms with Crippen LogP contribution in [0, 0.1) is 19.7 Å². The second kappa shape index (κ2) is 5.91. The Morgan fingerprint density at radius 1 is 1.29 bits per heavy atom. The van der Waals surface area contributed by atoms with Crippen LogP contribution in [0.4, 0.5) is 15.9 Å². The Morgan fingerprint density at radius 3 is 2.43 bits per heavy atom. The van der Waals surface area contributed by atoms with Crippen LogP contribution in [0.5, 0.6) is 0 Å². The van der Waals surface area contributed by atoms with E-state index in [1.54, 1.807) is 30.0 Å². The van der Waals surface area contributed by atoms with Crippen molar-refractivity contribution < 1.29 is 14.3 Å². The summed E-state index contributed by atoms with van der Waals surface area (Å²) in [5, 5.41) is 9.45. The highest BCUT2D eigenvalue weighted by molar-refractivity contribution is 5.96. The number of benzene rings is 1. The van der Waals surface area contributed by atoms with Gasteiger partial charge in [-0.3, -0.25) is 0 Å². The van der Waals surface area contributed by atoms with Crippen LogP contribution >= 0.6 is 0 Å². The van der Waals surface area contributed by atoms with E-state index in [0.29, 0.717) is 23.6 Å². The van der Waals surface area contributed by atoms with E-state index in [2.05, 4.69) is 4.98 Å². The van der Waals surface area contributed by atoms with Crippen molar-refractivity contribution in [3.8, 4) is 0 Å². The summed E-state index contributed by atoms with van der Waals surface area (Å²) in [6.45, 7) is 6.00. The molecule has 0 bridgehead atoms. The highest BCUT2D eigenvalue weighted by Gasteiger charge is 2.21. The second-order valence-electron chi connectivity index (χ2n) is 4.80. The number of hydrogen-bond donors (Lipinski definition) is 1. The quantitative estimate of drug-likeness (QED) is 0.932. The van der Waals surface area contributed by atoms with Crippen molar-refractivity contribution in [2.45, 2.75) is 20.8 Å². The molecule has 0 aliphatic rings. The van der Waals surface area contributed by atoms with Gasteiger partial charge in [0.2, 0.25) is 0 Å². The number of rotatable bonds is 4. The minimum atomic E-state index is -1.02. The van der Waals surface area contributed by atoms with Gasteiger partial charge >= 0.3 is 5.97 Å². The van der Waals surface area contributed by atoms with Crippen LogP contribution < -0.4 is 4.90 Å². The predicted octanol–water partition coefficient (Wildman–Crippen LogP) is 3.69. The van der Waals surface area contributed by atoms with E-state index >= 15 is 0 Å². The molecule has 21 heavy (non-hydrogen) atoms. The van der Waals surface area contributed by atoms with Crippen molar-refractivity contribution in [1.29, 1.82) is 0 Å². The first-order valence-electron chi connectivity index (χ1n) is 6.68. The molecule has 1 heterocycles. The standard InChI is InChI=1S/C16H17FN2O2/c1-4-19(13-7-5-12(17)6-8-13)15-14(16(20)21)10(2)9-11(3)18-15/h5-9H,4H2,1-3H3,(H,20,21). The molecule has 4 nitrogen and oxygen atoms in total. The number of anilines is 2. The van der Waals surface area contributed by atoms with Gasteiger partial charge in [-0.25, -0.2) is 14.2 Å². The predicted molar refractivity (Wildman–Crippen MR) is 79.8 cm³/mol. The summed E-state index contributed by atoms with van der Waals surface area (Å²) >= 11 is 0. The number of halogens is 1. The van der Waals surface area contributed by atoms with Crippen LogP contribution in [0.3, 0.4) is 0 Å². The average molecular weight is 288 g/mol. The summed E-state index contributed by atoms with van der Waals surface area (Å²) < 4.78 is 13.1. The summed E-state index contributed by atoms with van der Waals surface area (Å²) in [6.07, 6.45) is 0. The fraction of sp³-hybridized carbons (Fsp3) is 0.250. The Labute approximate surface area is 122 Å². The molecule has 1 N–H and O–H groups in total. The van der Waals surface area contributed by atoms with E-state index in [1.807, 2.05) is 13.8 Å². The van der Waals surface area contributed by atoms with Gasteiger partial charge in [-0.15, -0.1) is 0 Å². The van der Waals surface area contributed by atoms with Crippen molar-refractivity contribution in [2.24, 2.45) is 0 Å². The maximum Gasteiger partial charge on any atom is 0.339 e. The summed E-state index contributed by atoms with van der Waals surface area (Å²) in [6, 6.07) is 7.67. The molecule has 1 aromatic heterocycles. The lowest BCUT2D eigenvalue weighted by molar-refractivity contribution is 0.0696. The van der Waals surface area contributed by atoms with E-state index in [-0.39, 0.29) is 11.4 Å². The van der Waals surface area contributed by atoms with Gasteiger partial charge in [0.25, 0.3) is 0 Å². The minimum Gasteiger partial charge on any atom is -0.478 e. The van der Waals surface area contributed by atoms with Crippen molar-refractivity contribution >= 4 is 17.5 Å². The highest BCUT2D eigenvalue weighted by atomic mass is 19.1. The number of hydrogen-bond acceptors (Lipinski definition) is 3. The van der Waals surface area contributed by atoms with E-state index in [4.69, 9.17) is 0 Å². The maximum atomic E-state index is 13.1. The van der Waals surface area contributed by atoms with Gasteiger partial charge < -0.3 is 10.0 Å². The maximum absolute atomic E-state index is 13.1. The lowest BCUT2D eigenvalue weighted by Crippen LogP contribution is -2.22. The van der Waals surface area contributed by atoms with E-state index < -0.39 is 5.97 Å². The Balaban J connectivity index is 2.61. The number of carboxylic acids is 1. The summed E-state index contributed by atoms with van der Waals surface area (Å²) in [4.78, 5) is 17.7. The Hall–Kier alpha value is -2.43. The van der Waals surface area contributed by atoms with Crippen LogP contribution in [0.15, 0.2) is 30.3 Å². The van der Waals surface area contributed by atoms with Crippen LogP contribution in [-0.4, -0.2) is 22.6 Å². The fourth-order valence-electron chi connectivity index (χ4n) is 2.35. The molecule has 0 saturated heterocycles. The number of aromatic nitrogens is 1. The third-order valence-electron chi connectivity index (χ3n) is 3.25. The fourth-order valence-corrected chi connectivity index (χ4v) is 2.35. The third kappa shape index (κ3) is 3.02. The Bertz CT molecular complexity index is 669. The number of pyridine rings is 1. The molecule has 0 aliphatic carbocycles. The van der Waals surface area contributed by atoms with E-state index in [1.165, 1.54) is 12.1 Å². The van der Waals surface area contributed by atoms with Crippen LogP contribution in [0.25, 0.3) is 0 Å². The van der Waals surface area contributed by atoms with Gasteiger partial charge in [-0.2, -0.15) is 0 Å². The molecular weight excluding hydrogens is 271 g/mol. The van der Waals surface area contributed by atoms with Gasteiger partial charge in [0, 0.05) is 17.9 Å². The van der Waals surface area contributed by atoms with Gasteiger partial charge in [-0.1, -0.05) is 0 Å². The summed E-state index contributed by atoms with van der Waals surface area (Å²) in [5.74, 6) is -0.966. The molecular formula is C16H17FN2O2. The molecule has 5 heteroatoms. The van der Waals surface area contributed by atoms with Gasteiger partial charge in [0.15, 0.2) is 0 Å².